The Balaban J connectivity index is 2.16. The summed E-state index contributed by atoms with van der Waals surface area (Å²) in [6.45, 7) is 7.98. The van der Waals surface area contributed by atoms with Crippen molar-refractivity contribution in [1.82, 2.24) is 15.2 Å². The zero-order valence-corrected chi connectivity index (χ0v) is 13.5. The zero-order valence-electron chi connectivity index (χ0n) is 11.9. The maximum Gasteiger partial charge on any atom is 0.295 e. The molecule has 2 rings (SSSR count). The molecule has 6 heteroatoms. The number of carbonyl (C=O) groups excluding carboxylic acids is 1. The number of aryl methyl sites for hydroxylation is 1. The summed E-state index contributed by atoms with van der Waals surface area (Å²) in [5.41, 5.74) is 1.60. The minimum absolute atomic E-state index is 0.149. The topological polar surface area (TPSA) is 70.7 Å². The summed E-state index contributed by atoms with van der Waals surface area (Å²) in [7, 11) is 0. The van der Waals surface area contributed by atoms with Crippen LogP contribution in [0.2, 0.25) is 0 Å². The molecule has 0 aliphatic carbocycles. The first-order chi connectivity index (χ1) is 9.27. The van der Waals surface area contributed by atoms with Crippen LogP contribution in [-0.2, 0) is 5.41 Å². The van der Waals surface area contributed by atoms with Crippen molar-refractivity contribution in [2.75, 3.05) is 5.32 Å². The Morgan fingerprint density at radius 3 is 2.60 bits per heavy atom. The Hall–Kier alpha value is -1.69. The first kappa shape index (κ1) is 14.7. The number of anilines is 1. The van der Waals surface area contributed by atoms with Gasteiger partial charge in [0.15, 0.2) is 0 Å². The predicted molar refractivity (Wildman–Crippen MR) is 81.9 cm³/mol. The van der Waals surface area contributed by atoms with Crippen molar-refractivity contribution in [3.63, 3.8) is 0 Å². The van der Waals surface area contributed by atoms with Gasteiger partial charge in [0.05, 0.1) is 0 Å². The van der Waals surface area contributed by atoms with Crippen molar-refractivity contribution in [2.45, 2.75) is 33.1 Å². The van der Waals surface area contributed by atoms with Crippen LogP contribution in [-0.4, -0.2) is 21.1 Å². The van der Waals surface area contributed by atoms with Crippen LogP contribution in [0.4, 0.5) is 5.69 Å². The first-order valence-corrected chi connectivity index (χ1v) is 7.07. The highest BCUT2D eigenvalue weighted by molar-refractivity contribution is 9.10. The van der Waals surface area contributed by atoms with E-state index in [1.807, 2.05) is 45.9 Å². The second-order valence-electron chi connectivity index (χ2n) is 5.68. The summed E-state index contributed by atoms with van der Waals surface area (Å²) in [4.78, 5) is 16.3. The van der Waals surface area contributed by atoms with Crippen molar-refractivity contribution in [3.05, 3.63) is 39.9 Å². The van der Waals surface area contributed by atoms with Gasteiger partial charge in [0, 0.05) is 15.6 Å². The van der Waals surface area contributed by atoms with Crippen LogP contribution >= 0.6 is 15.9 Å². The molecule has 1 aromatic carbocycles. The number of H-pyrrole nitrogens is 1. The number of benzene rings is 1. The van der Waals surface area contributed by atoms with Gasteiger partial charge in [0.2, 0.25) is 5.82 Å². The van der Waals surface area contributed by atoms with Gasteiger partial charge >= 0.3 is 0 Å². The molecule has 0 fully saturated rings. The second-order valence-corrected chi connectivity index (χ2v) is 6.53. The number of halogens is 1. The number of nitrogens with zero attached hydrogens (tertiary/aromatic N) is 2. The smallest absolute Gasteiger partial charge is 0.295 e. The van der Waals surface area contributed by atoms with Gasteiger partial charge in [-0.1, -0.05) is 36.7 Å². The summed E-state index contributed by atoms with van der Waals surface area (Å²) < 4.78 is 1.00. The number of aromatic amines is 1. The molecule has 20 heavy (non-hydrogen) atoms. The number of nitrogens with one attached hydrogen (secondary N) is 2. The third-order valence-electron chi connectivity index (χ3n) is 2.81. The van der Waals surface area contributed by atoms with Crippen molar-refractivity contribution in [1.29, 1.82) is 0 Å². The molecule has 0 bridgehead atoms. The lowest BCUT2D eigenvalue weighted by Crippen LogP contribution is -2.16. The summed E-state index contributed by atoms with van der Waals surface area (Å²) in [6, 6.07) is 5.61. The summed E-state index contributed by atoms with van der Waals surface area (Å²) in [5, 5.41) is 9.55. The Morgan fingerprint density at radius 1 is 1.35 bits per heavy atom. The van der Waals surface area contributed by atoms with Gasteiger partial charge in [-0.3, -0.25) is 9.89 Å². The fourth-order valence-electron chi connectivity index (χ4n) is 1.61. The Labute approximate surface area is 126 Å². The van der Waals surface area contributed by atoms with E-state index in [-0.39, 0.29) is 17.1 Å². The molecule has 0 aliphatic heterocycles. The normalized spacial score (nSPS) is 11.4. The lowest BCUT2D eigenvalue weighted by atomic mass is 9.96. The molecule has 106 valence electrons. The van der Waals surface area contributed by atoms with Crippen LogP contribution in [0.5, 0.6) is 0 Å². The molecule has 0 unspecified atom stereocenters. The molecule has 0 saturated carbocycles. The molecule has 0 spiro atoms. The first-order valence-electron chi connectivity index (χ1n) is 6.28. The third kappa shape index (κ3) is 3.25. The fraction of sp³-hybridized carbons (Fsp3) is 0.357. The Bertz CT molecular complexity index is 643. The van der Waals surface area contributed by atoms with E-state index < -0.39 is 0 Å². The molecule has 1 amide bonds. The van der Waals surface area contributed by atoms with Crippen molar-refractivity contribution >= 4 is 27.5 Å². The van der Waals surface area contributed by atoms with E-state index in [4.69, 9.17) is 0 Å². The monoisotopic (exact) mass is 336 g/mol. The molecule has 2 N–H and O–H groups in total. The summed E-state index contributed by atoms with van der Waals surface area (Å²) >= 11 is 3.42. The molecule has 0 radical (unpaired) electrons. The van der Waals surface area contributed by atoms with E-state index in [0.29, 0.717) is 5.82 Å². The lowest BCUT2D eigenvalue weighted by molar-refractivity contribution is 0.101. The Morgan fingerprint density at radius 2 is 2.05 bits per heavy atom. The molecule has 0 aliphatic rings. The van der Waals surface area contributed by atoms with E-state index >= 15 is 0 Å². The molecule has 2 aromatic rings. The van der Waals surface area contributed by atoms with Gasteiger partial charge in [0.1, 0.15) is 5.82 Å². The predicted octanol–water partition coefficient (Wildman–Crippen LogP) is 3.43. The fourth-order valence-corrected chi connectivity index (χ4v) is 1.85. The SMILES string of the molecule is Cc1cc(NC(=O)c2n[nH]c(C(C)(C)C)n2)ccc1Br. The van der Waals surface area contributed by atoms with Crippen molar-refractivity contribution < 1.29 is 4.79 Å². The van der Waals surface area contributed by atoms with Crippen LogP contribution in [0, 0.1) is 6.92 Å². The van der Waals surface area contributed by atoms with Crippen LogP contribution in [0.1, 0.15) is 42.8 Å². The maximum atomic E-state index is 12.1. The molecule has 1 aromatic heterocycles. The highest BCUT2D eigenvalue weighted by Gasteiger charge is 2.21. The van der Waals surface area contributed by atoms with E-state index in [9.17, 15) is 4.79 Å². The maximum absolute atomic E-state index is 12.1. The minimum atomic E-state index is -0.321. The van der Waals surface area contributed by atoms with Crippen LogP contribution in [0.3, 0.4) is 0 Å². The molecule has 0 atom stereocenters. The van der Waals surface area contributed by atoms with Crippen LogP contribution in [0.15, 0.2) is 22.7 Å². The average Bonchev–Trinajstić information content (AvgIpc) is 2.83. The number of aromatic nitrogens is 3. The number of hydrogen-bond acceptors (Lipinski definition) is 3. The standard InChI is InChI=1S/C14H17BrN4O/c1-8-7-9(5-6-10(8)15)16-12(20)11-17-13(19-18-11)14(2,3)4/h5-7H,1-4H3,(H,16,20)(H,17,18,19). The molecule has 0 saturated heterocycles. The molecule has 1 heterocycles. The van der Waals surface area contributed by atoms with Crippen molar-refractivity contribution in [3.8, 4) is 0 Å². The molecule has 5 nitrogen and oxygen atoms in total. The van der Waals surface area contributed by atoms with Gasteiger partial charge in [-0.25, -0.2) is 4.98 Å². The van der Waals surface area contributed by atoms with E-state index in [1.54, 1.807) is 0 Å². The van der Waals surface area contributed by atoms with E-state index in [2.05, 4.69) is 36.4 Å². The molecular formula is C14H17BrN4O. The summed E-state index contributed by atoms with van der Waals surface area (Å²) in [6.07, 6.45) is 0. The number of amides is 1. The van der Waals surface area contributed by atoms with Gasteiger partial charge in [-0.2, -0.15) is 0 Å². The number of carbonyl (C=O) groups is 1. The number of hydrogen-bond donors (Lipinski definition) is 2. The van der Waals surface area contributed by atoms with Crippen LogP contribution in [0.25, 0.3) is 0 Å². The zero-order chi connectivity index (χ0) is 14.9. The minimum Gasteiger partial charge on any atom is -0.319 e. The third-order valence-corrected chi connectivity index (χ3v) is 3.70. The number of rotatable bonds is 2. The lowest BCUT2D eigenvalue weighted by Gasteiger charge is -2.12. The van der Waals surface area contributed by atoms with Gasteiger partial charge in [0.25, 0.3) is 5.91 Å². The highest BCUT2D eigenvalue weighted by Crippen LogP contribution is 2.21. The Kier molecular flexibility index (Phi) is 3.94. The van der Waals surface area contributed by atoms with E-state index in [0.717, 1.165) is 15.7 Å². The van der Waals surface area contributed by atoms with Crippen LogP contribution < -0.4 is 5.32 Å². The highest BCUT2D eigenvalue weighted by atomic mass is 79.9. The van der Waals surface area contributed by atoms with Gasteiger partial charge in [-0.15, -0.1) is 5.10 Å². The average molecular weight is 337 g/mol. The largest absolute Gasteiger partial charge is 0.319 e. The summed E-state index contributed by atoms with van der Waals surface area (Å²) in [5.74, 6) is 0.517. The van der Waals surface area contributed by atoms with Gasteiger partial charge in [-0.05, 0) is 30.7 Å². The van der Waals surface area contributed by atoms with Gasteiger partial charge < -0.3 is 5.32 Å². The molecular weight excluding hydrogens is 320 g/mol. The quantitative estimate of drug-likeness (QED) is 0.882. The van der Waals surface area contributed by atoms with E-state index in [1.165, 1.54) is 0 Å². The second kappa shape index (κ2) is 5.36. The van der Waals surface area contributed by atoms with Crippen molar-refractivity contribution in [2.24, 2.45) is 0 Å².